The molecule has 1 fully saturated rings. The maximum absolute atomic E-state index is 13.3. The minimum absolute atomic E-state index is 0.0360. The Morgan fingerprint density at radius 2 is 1.97 bits per heavy atom. The van der Waals surface area contributed by atoms with Gasteiger partial charge in [-0.15, -0.1) is 0 Å². The fourth-order valence-electron chi connectivity index (χ4n) is 4.19. The molecule has 1 saturated heterocycles. The summed E-state index contributed by atoms with van der Waals surface area (Å²) < 4.78 is 1.84. The van der Waals surface area contributed by atoms with Crippen LogP contribution < -0.4 is 5.32 Å². The Kier molecular flexibility index (Phi) is 4.75. The number of nitrogens with zero attached hydrogens (tertiary/aromatic N) is 5. The predicted octanol–water partition coefficient (Wildman–Crippen LogP) is 2.49. The number of hydrogen-bond acceptors (Lipinski definition) is 5. The van der Waals surface area contributed by atoms with Gasteiger partial charge in [-0.05, 0) is 43.1 Å². The smallest absolute Gasteiger partial charge is 0.255 e. The van der Waals surface area contributed by atoms with Gasteiger partial charge in [-0.2, -0.15) is 5.10 Å². The van der Waals surface area contributed by atoms with Gasteiger partial charge in [0.1, 0.15) is 0 Å². The van der Waals surface area contributed by atoms with E-state index in [0.29, 0.717) is 0 Å². The van der Waals surface area contributed by atoms with Crippen molar-refractivity contribution in [3.8, 4) is 0 Å². The van der Waals surface area contributed by atoms with Crippen LogP contribution in [0.4, 0.5) is 0 Å². The van der Waals surface area contributed by atoms with E-state index in [1.807, 2.05) is 36.1 Å². The predicted molar refractivity (Wildman–Crippen MR) is 116 cm³/mol. The Labute approximate surface area is 176 Å². The van der Waals surface area contributed by atoms with Crippen molar-refractivity contribution in [2.75, 3.05) is 26.2 Å². The molecule has 154 valence electrons. The number of aromatic nitrogens is 3. The first-order chi connectivity index (χ1) is 14.6. The minimum atomic E-state index is -0.0360. The van der Waals surface area contributed by atoms with E-state index in [1.54, 1.807) is 11.0 Å². The molecule has 1 atom stereocenters. The van der Waals surface area contributed by atoms with Gasteiger partial charge in [0.15, 0.2) is 0 Å². The topological polar surface area (TPSA) is 65.8 Å². The highest BCUT2D eigenvalue weighted by Crippen LogP contribution is 2.31. The molecule has 0 radical (unpaired) electrons. The Balaban J connectivity index is 1.49. The second kappa shape index (κ2) is 7.57. The van der Waals surface area contributed by atoms with Gasteiger partial charge in [0.2, 0.25) is 0 Å². The zero-order chi connectivity index (χ0) is 20.7. The number of fused-ring (bicyclic) bond motifs is 2. The maximum Gasteiger partial charge on any atom is 0.255 e. The van der Waals surface area contributed by atoms with Crippen LogP contribution in [0.1, 0.15) is 24.7 Å². The first-order valence-corrected chi connectivity index (χ1v) is 10.5. The normalized spacial score (nSPS) is 22.3. The molecule has 0 saturated carbocycles. The number of allylic oxidation sites excluding steroid dienone is 4. The lowest BCUT2D eigenvalue weighted by molar-refractivity contribution is -0.122. The second-order valence-electron chi connectivity index (χ2n) is 8.13. The average molecular weight is 403 g/mol. The van der Waals surface area contributed by atoms with E-state index in [9.17, 15) is 4.79 Å². The highest BCUT2D eigenvalue weighted by molar-refractivity contribution is 5.97. The second-order valence-corrected chi connectivity index (χ2v) is 8.13. The zero-order valence-corrected chi connectivity index (χ0v) is 17.4. The van der Waals surface area contributed by atoms with E-state index in [0.717, 1.165) is 66.5 Å². The molecule has 2 aromatic rings. The molecule has 1 unspecified atom stereocenters. The summed E-state index contributed by atoms with van der Waals surface area (Å²) in [5, 5.41) is 8.09. The van der Waals surface area contributed by atoms with Crippen LogP contribution in [0.3, 0.4) is 0 Å². The third-order valence-electron chi connectivity index (χ3n) is 5.94. The number of amides is 1. The summed E-state index contributed by atoms with van der Waals surface area (Å²) in [6, 6.07) is 2.01. The maximum atomic E-state index is 13.3. The molecular weight excluding hydrogens is 376 g/mol. The number of carbonyl (C=O) groups excluding carboxylic acids is 1. The lowest BCUT2D eigenvalue weighted by Crippen LogP contribution is -2.43. The molecular formula is C23H26N6O. The van der Waals surface area contributed by atoms with Crippen LogP contribution in [0.2, 0.25) is 0 Å². The molecule has 7 nitrogen and oxygen atoms in total. The molecule has 5 rings (SSSR count). The third kappa shape index (κ3) is 3.45. The van der Waals surface area contributed by atoms with Crippen LogP contribution in [0.5, 0.6) is 0 Å². The van der Waals surface area contributed by atoms with E-state index in [4.69, 9.17) is 5.10 Å². The lowest BCUT2D eigenvalue weighted by atomic mass is 9.92. The van der Waals surface area contributed by atoms with Gasteiger partial charge >= 0.3 is 0 Å². The number of carbonyl (C=O) groups is 1. The molecule has 0 aromatic carbocycles. The Morgan fingerprint density at radius 1 is 1.17 bits per heavy atom. The van der Waals surface area contributed by atoms with Crippen LogP contribution in [0, 0.1) is 12.8 Å². The summed E-state index contributed by atoms with van der Waals surface area (Å²) in [5.74, 6) is 0.153. The van der Waals surface area contributed by atoms with Gasteiger partial charge in [-0.25, -0.2) is 4.52 Å². The summed E-state index contributed by atoms with van der Waals surface area (Å²) in [6.45, 7) is 7.92. The number of nitrogens with one attached hydrogen (secondary N) is 1. The van der Waals surface area contributed by atoms with Crippen LogP contribution in [-0.4, -0.2) is 56.5 Å². The first-order valence-electron chi connectivity index (χ1n) is 10.5. The van der Waals surface area contributed by atoms with Gasteiger partial charge in [-0.1, -0.05) is 13.0 Å². The standard InChI is InChI=1S/C23H26N6O/c1-16-3-4-18-5-6-19(27-9-7-24-8-10-27)15-28(18)23(30)12-21(16)22-11-20-13-25-17(2)14-29(20)26-22/h4-6,11-16,24H,3,7-10H2,1-2H3. The SMILES string of the molecule is Cc1cn2nc(C3=CC(=O)N4C=C(N5CCNCC5)C=CC4=CCC3C)cc2cn1. The summed E-state index contributed by atoms with van der Waals surface area (Å²) in [7, 11) is 0. The van der Waals surface area contributed by atoms with Gasteiger partial charge < -0.3 is 10.2 Å². The van der Waals surface area contributed by atoms with Gasteiger partial charge in [-0.3, -0.25) is 14.7 Å². The molecule has 7 heteroatoms. The van der Waals surface area contributed by atoms with Crippen molar-refractivity contribution < 1.29 is 4.79 Å². The van der Waals surface area contributed by atoms with Crippen molar-refractivity contribution >= 4 is 17.0 Å². The van der Waals surface area contributed by atoms with E-state index in [-0.39, 0.29) is 11.8 Å². The van der Waals surface area contributed by atoms with Crippen LogP contribution in [0.15, 0.2) is 60.4 Å². The number of piperazine rings is 1. The fourth-order valence-corrected chi connectivity index (χ4v) is 4.19. The molecule has 0 bridgehead atoms. The molecule has 30 heavy (non-hydrogen) atoms. The monoisotopic (exact) mass is 402 g/mol. The van der Waals surface area contributed by atoms with E-state index in [2.05, 4.69) is 40.4 Å². The number of hydrogen-bond donors (Lipinski definition) is 1. The summed E-state index contributed by atoms with van der Waals surface area (Å²) in [4.78, 5) is 21.7. The van der Waals surface area contributed by atoms with Crippen LogP contribution >= 0.6 is 0 Å². The zero-order valence-electron chi connectivity index (χ0n) is 17.4. The molecule has 3 aliphatic rings. The Bertz CT molecular complexity index is 1120. The van der Waals surface area contributed by atoms with E-state index in [1.165, 1.54) is 0 Å². The number of aryl methyl sites for hydroxylation is 1. The van der Waals surface area contributed by atoms with Crippen molar-refractivity contribution in [1.29, 1.82) is 0 Å². The highest BCUT2D eigenvalue weighted by Gasteiger charge is 2.25. The minimum Gasteiger partial charge on any atom is -0.368 e. The van der Waals surface area contributed by atoms with Gasteiger partial charge in [0.25, 0.3) is 5.91 Å². The number of rotatable bonds is 2. The fraction of sp³-hybridized carbons (Fsp3) is 0.348. The van der Waals surface area contributed by atoms with Crippen molar-refractivity contribution in [3.63, 3.8) is 0 Å². The first kappa shape index (κ1) is 18.8. The van der Waals surface area contributed by atoms with Crippen molar-refractivity contribution in [3.05, 3.63) is 71.7 Å². The van der Waals surface area contributed by atoms with E-state index >= 15 is 0 Å². The third-order valence-corrected chi connectivity index (χ3v) is 5.94. The van der Waals surface area contributed by atoms with E-state index < -0.39 is 0 Å². The summed E-state index contributed by atoms with van der Waals surface area (Å²) >= 11 is 0. The van der Waals surface area contributed by atoms with Crippen molar-refractivity contribution in [2.45, 2.75) is 20.3 Å². The Morgan fingerprint density at radius 3 is 2.80 bits per heavy atom. The average Bonchev–Trinajstić information content (AvgIpc) is 3.18. The summed E-state index contributed by atoms with van der Waals surface area (Å²) in [6.07, 6.45) is 14.6. The van der Waals surface area contributed by atoms with Crippen LogP contribution in [-0.2, 0) is 4.79 Å². The molecule has 0 aliphatic carbocycles. The van der Waals surface area contributed by atoms with Gasteiger partial charge in [0.05, 0.1) is 35.0 Å². The largest absolute Gasteiger partial charge is 0.368 e. The van der Waals surface area contributed by atoms with Crippen LogP contribution in [0.25, 0.3) is 11.1 Å². The molecule has 0 spiro atoms. The molecule has 1 amide bonds. The summed E-state index contributed by atoms with van der Waals surface area (Å²) in [5.41, 5.74) is 5.65. The lowest BCUT2D eigenvalue weighted by Gasteiger charge is -2.34. The molecule has 1 N–H and O–H groups in total. The van der Waals surface area contributed by atoms with Crippen molar-refractivity contribution in [1.82, 2.24) is 29.7 Å². The highest BCUT2D eigenvalue weighted by atomic mass is 16.2. The quantitative estimate of drug-likeness (QED) is 0.836. The molecule has 5 heterocycles. The molecule has 2 aromatic heterocycles. The van der Waals surface area contributed by atoms with Crippen molar-refractivity contribution in [2.24, 2.45) is 5.92 Å². The molecule has 3 aliphatic heterocycles. The van der Waals surface area contributed by atoms with Gasteiger partial charge in [0, 0.05) is 44.2 Å². The Hall–Kier alpha value is -3.19.